The molecule has 0 aliphatic rings. The van der Waals surface area contributed by atoms with Crippen molar-refractivity contribution in [3.8, 4) is 0 Å². The van der Waals surface area contributed by atoms with Gasteiger partial charge in [-0.3, -0.25) is 4.98 Å². The van der Waals surface area contributed by atoms with E-state index < -0.39 is 0 Å². The Morgan fingerprint density at radius 1 is 1.20 bits per heavy atom. The van der Waals surface area contributed by atoms with E-state index in [1.807, 2.05) is 43.3 Å². The van der Waals surface area contributed by atoms with E-state index in [9.17, 15) is 5.11 Å². The highest BCUT2D eigenvalue weighted by molar-refractivity contribution is 6.33. The molecule has 0 radical (unpaired) electrons. The van der Waals surface area contributed by atoms with Gasteiger partial charge in [0, 0.05) is 17.8 Å². The molecule has 0 bridgehead atoms. The van der Waals surface area contributed by atoms with Crippen LogP contribution in [0.15, 0.2) is 36.4 Å². The van der Waals surface area contributed by atoms with Gasteiger partial charge in [0.25, 0.3) is 0 Å². The Morgan fingerprint density at radius 3 is 2.60 bits per heavy atom. The second kappa shape index (κ2) is 6.73. The van der Waals surface area contributed by atoms with E-state index in [0.717, 1.165) is 29.2 Å². The number of aryl methyl sites for hydroxylation is 1. The van der Waals surface area contributed by atoms with Gasteiger partial charge in [-0.05, 0) is 32.0 Å². The lowest BCUT2D eigenvalue weighted by Gasteiger charge is -2.26. The molecule has 1 heterocycles. The summed E-state index contributed by atoms with van der Waals surface area (Å²) in [5.74, 6) is 0. The van der Waals surface area contributed by atoms with Crippen LogP contribution in [0.2, 0.25) is 5.02 Å². The minimum Gasteiger partial charge on any atom is -0.392 e. The van der Waals surface area contributed by atoms with Crippen LogP contribution in [0.1, 0.15) is 23.9 Å². The van der Waals surface area contributed by atoms with E-state index >= 15 is 0 Å². The number of aliphatic hydroxyl groups is 1. The largest absolute Gasteiger partial charge is 0.392 e. The molecule has 0 saturated heterocycles. The highest BCUT2D eigenvalue weighted by atomic mass is 35.5. The van der Waals surface area contributed by atoms with Crippen LogP contribution in [-0.4, -0.2) is 16.6 Å². The molecule has 0 spiro atoms. The van der Waals surface area contributed by atoms with E-state index in [-0.39, 0.29) is 6.61 Å². The van der Waals surface area contributed by atoms with Crippen LogP contribution in [0, 0.1) is 6.92 Å². The Morgan fingerprint density at radius 2 is 1.95 bits per heavy atom. The van der Waals surface area contributed by atoms with Gasteiger partial charge in [0.1, 0.15) is 0 Å². The second-order valence-electron chi connectivity index (χ2n) is 4.69. The van der Waals surface area contributed by atoms with E-state index in [1.54, 1.807) is 0 Å². The zero-order chi connectivity index (χ0) is 14.5. The molecule has 0 aliphatic carbocycles. The topological polar surface area (TPSA) is 36.4 Å². The van der Waals surface area contributed by atoms with Crippen LogP contribution in [0.5, 0.6) is 0 Å². The van der Waals surface area contributed by atoms with Gasteiger partial charge >= 0.3 is 0 Å². The number of para-hydroxylation sites is 1. The summed E-state index contributed by atoms with van der Waals surface area (Å²) in [6, 6.07) is 11.6. The maximum Gasteiger partial charge on any atom is 0.0702 e. The Hall–Kier alpha value is -1.58. The summed E-state index contributed by atoms with van der Waals surface area (Å²) >= 11 is 6.31. The zero-order valence-corrected chi connectivity index (χ0v) is 12.6. The Bertz CT molecular complexity index is 586. The molecule has 1 aromatic heterocycles. The summed E-state index contributed by atoms with van der Waals surface area (Å²) in [6.07, 6.45) is 0. The number of halogens is 1. The van der Waals surface area contributed by atoms with Crippen molar-refractivity contribution >= 4 is 17.3 Å². The first-order valence-corrected chi connectivity index (χ1v) is 7.09. The van der Waals surface area contributed by atoms with Crippen molar-refractivity contribution in [1.82, 2.24) is 4.98 Å². The summed E-state index contributed by atoms with van der Waals surface area (Å²) in [5.41, 5.74) is 3.73. The third-order valence-electron chi connectivity index (χ3n) is 3.24. The van der Waals surface area contributed by atoms with Crippen LogP contribution in [0.25, 0.3) is 0 Å². The fourth-order valence-corrected chi connectivity index (χ4v) is 2.59. The van der Waals surface area contributed by atoms with Crippen molar-refractivity contribution in [2.45, 2.75) is 27.0 Å². The number of aromatic nitrogens is 1. The summed E-state index contributed by atoms with van der Waals surface area (Å²) in [6.45, 7) is 5.50. The molecule has 1 aromatic carbocycles. The average molecular weight is 291 g/mol. The van der Waals surface area contributed by atoms with Gasteiger partial charge in [0.2, 0.25) is 0 Å². The molecule has 0 amide bonds. The lowest BCUT2D eigenvalue weighted by atomic mass is 10.1. The maximum absolute atomic E-state index is 9.50. The number of aliphatic hydroxyl groups excluding tert-OH is 1. The van der Waals surface area contributed by atoms with E-state index in [4.69, 9.17) is 11.6 Å². The third-order valence-corrected chi connectivity index (χ3v) is 3.54. The molecule has 4 heteroatoms. The smallest absolute Gasteiger partial charge is 0.0702 e. The summed E-state index contributed by atoms with van der Waals surface area (Å²) < 4.78 is 0. The highest BCUT2D eigenvalue weighted by Gasteiger charge is 2.14. The lowest BCUT2D eigenvalue weighted by molar-refractivity contribution is 0.282. The highest BCUT2D eigenvalue weighted by Crippen LogP contribution is 2.30. The van der Waals surface area contributed by atoms with Crippen LogP contribution in [0.4, 0.5) is 5.69 Å². The molecule has 1 N–H and O–H groups in total. The predicted molar refractivity (Wildman–Crippen MR) is 83.1 cm³/mol. The monoisotopic (exact) mass is 290 g/mol. The number of rotatable bonds is 5. The minimum atomic E-state index is -0.0202. The average Bonchev–Trinajstić information content (AvgIpc) is 2.45. The molecule has 20 heavy (non-hydrogen) atoms. The van der Waals surface area contributed by atoms with E-state index in [1.165, 1.54) is 0 Å². The van der Waals surface area contributed by atoms with Crippen molar-refractivity contribution in [1.29, 1.82) is 0 Å². The van der Waals surface area contributed by atoms with Crippen LogP contribution >= 0.6 is 11.6 Å². The fourth-order valence-electron chi connectivity index (χ4n) is 2.27. The minimum absolute atomic E-state index is 0.0202. The zero-order valence-electron chi connectivity index (χ0n) is 11.8. The molecule has 106 valence electrons. The summed E-state index contributed by atoms with van der Waals surface area (Å²) in [7, 11) is 0. The van der Waals surface area contributed by atoms with Gasteiger partial charge in [-0.1, -0.05) is 29.8 Å². The van der Waals surface area contributed by atoms with Gasteiger partial charge in [-0.15, -0.1) is 0 Å². The number of hydrogen-bond donors (Lipinski definition) is 1. The first-order valence-electron chi connectivity index (χ1n) is 6.71. The molecule has 0 atom stereocenters. The van der Waals surface area contributed by atoms with Crippen molar-refractivity contribution in [3.05, 3.63) is 58.4 Å². The molecule has 2 aromatic rings. The Balaban J connectivity index is 2.33. The summed E-state index contributed by atoms with van der Waals surface area (Å²) in [5, 5.41) is 10.2. The molecular weight excluding hydrogens is 272 g/mol. The van der Waals surface area contributed by atoms with Gasteiger partial charge < -0.3 is 10.0 Å². The van der Waals surface area contributed by atoms with Crippen LogP contribution < -0.4 is 4.90 Å². The Kier molecular flexibility index (Phi) is 4.99. The number of hydrogen-bond acceptors (Lipinski definition) is 3. The number of benzene rings is 1. The van der Waals surface area contributed by atoms with E-state index in [0.29, 0.717) is 11.6 Å². The van der Waals surface area contributed by atoms with Gasteiger partial charge in [-0.25, -0.2) is 0 Å². The molecule has 3 nitrogen and oxygen atoms in total. The van der Waals surface area contributed by atoms with Crippen molar-refractivity contribution < 1.29 is 5.11 Å². The molecule has 0 saturated carbocycles. The third kappa shape index (κ3) is 3.30. The maximum atomic E-state index is 9.50. The van der Waals surface area contributed by atoms with Crippen molar-refractivity contribution in [3.63, 3.8) is 0 Å². The van der Waals surface area contributed by atoms with Gasteiger partial charge in [0.05, 0.1) is 29.6 Å². The molecule has 2 rings (SSSR count). The SMILES string of the molecule is CCN(Cc1cccc(C)n1)c1c(Cl)cccc1CO. The first-order chi connectivity index (χ1) is 9.65. The normalized spacial score (nSPS) is 10.6. The quantitative estimate of drug-likeness (QED) is 0.915. The molecular formula is C16H19ClN2O. The molecule has 0 fully saturated rings. The van der Waals surface area contributed by atoms with Gasteiger partial charge in [-0.2, -0.15) is 0 Å². The first kappa shape index (κ1) is 14.8. The van der Waals surface area contributed by atoms with Gasteiger partial charge in [0.15, 0.2) is 0 Å². The van der Waals surface area contributed by atoms with Crippen molar-refractivity contribution in [2.24, 2.45) is 0 Å². The number of nitrogens with zero attached hydrogens (tertiary/aromatic N) is 2. The Labute approximate surface area is 124 Å². The van der Waals surface area contributed by atoms with E-state index in [2.05, 4.69) is 16.8 Å². The predicted octanol–water partition coefficient (Wildman–Crippen LogP) is 3.56. The molecule has 0 unspecified atom stereocenters. The number of pyridine rings is 1. The fraction of sp³-hybridized carbons (Fsp3) is 0.312. The van der Waals surface area contributed by atoms with Crippen LogP contribution in [0.3, 0.4) is 0 Å². The van der Waals surface area contributed by atoms with Crippen molar-refractivity contribution in [2.75, 3.05) is 11.4 Å². The number of anilines is 1. The molecule has 0 aliphatic heterocycles. The van der Waals surface area contributed by atoms with Crippen LogP contribution in [-0.2, 0) is 13.2 Å². The standard InChI is InChI=1S/C16H19ClN2O/c1-3-19(10-14-8-4-6-12(2)18-14)16-13(11-20)7-5-9-15(16)17/h4-9,20H,3,10-11H2,1-2H3. The second-order valence-corrected chi connectivity index (χ2v) is 5.10. The summed E-state index contributed by atoms with van der Waals surface area (Å²) in [4.78, 5) is 6.66. The lowest BCUT2D eigenvalue weighted by Crippen LogP contribution is -2.24.